The van der Waals surface area contributed by atoms with Gasteiger partial charge in [0, 0.05) is 43.8 Å². The van der Waals surface area contributed by atoms with Gasteiger partial charge in [0.15, 0.2) is 0 Å². The number of benzene rings is 1. The van der Waals surface area contributed by atoms with Crippen LogP contribution >= 0.6 is 0 Å². The summed E-state index contributed by atoms with van der Waals surface area (Å²) in [6.45, 7) is 5.99. The highest BCUT2D eigenvalue weighted by Crippen LogP contribution is 2.30. The molecule has 2 aliphatic heterocycles. The average molecular weight is 262 g/mol. The molecule has 1 unspecified atom stereocenters. The van der Waals surface area contributed by atoms with Crippen molar-refractivity contribution in [2.75, 3.05) is 39.5 Å². The van der Waals surface area contributed by atoms with Crippen LogP contribution in [-0.2, 0) is 11.3 Å². The largest absolute Gasteiger partial charge is 0.492 e. The second kappa shape index (κ2) is 5.49. The van der Waals surface area contributed by atoms with Gasteiger partial charge in [-0.05, 0) is 12.5 Å². The van der Waals surface area contributed by atoms with Gasteiger partial charge in [-0.1, -0.05) is 18.2 Å². The van der Waals surface area contributed by atoms with E-state index in [0.29, 0.717) is 6.54 Å². The monoisotopic (exact) mass is 262 g/mol. The lowest BCUT2D eigenvalue weighted by Crippen LogP contribution is -2.43. The van der Waals surface area contributed by atoms with E-state index in [1.165, 1.54) is 5.56 Å². The maximum Gasteiger partial charge on any atom is 0.123 e. The van der Waals surface area contributed by atoms with Gasteiger partial charge < -0.3 is 15.2 Å². The van der Waals surface area contributed by atoms with Crippen LogP contribution in [-0.4, -0.2) is 44.4 Å². The minimum absolute atomic E-state index is 0.138. The summed E-state index contributed by atoms with van der Waals surface area (Å²) in [7, 11) is 0. The summed E-state index contributed by atoms with van der Waals surface area (Å²) >= 11 is 0. The third-order valence-corrected chi connectivity index (χ3v) is 4.21. The van der Waals surface area contributed by atoms with E-state index < -0.39 is 0 Å². The van der Waals surface area contributed by atoms with E-state index in [2.05, 4.69) is 23.1 Å². The number of nitrogens with two attached hydrogens (primary N) is 1. The number of hydrogen-bond acceptors (Lipinski definition) is 4. The van der Waals surface area contributed by atoms with Crippen molar-refractivity contribution in [3.8, 4) is 5.75 Å². The van der Waals surface area contributed by atoms with Crippen molar-refractivity contribution in [2.45, 2.75) is 13.0 Å². The second-order valence-electron chi connectivity index (χ2n) is 5.67. The Bertz CT molecular complexity index is 430. The zero-order valence-electron chi connectivity index (χ0n) is 11.3. The molecule has 1 aromatic rings. The van der Waals surface area contributed by atoms with Crippen molar-refractivity contribution in [1.29, 1.82) is 0 Å². The molecule has 0 bridgehead atoms. The minimum Gasteiger partial charge on any atom is -0.492 e. The molecule has 2 aliphatic rings. The molecule has 0 saturated carbocycles. The number of nitrogens with zero attached hydrogens (tertiary/aromatic N) is 1. The fourth-order valence-electron chi connectivity index (χ4n) is 2.99. The lowest BCUT2D eigenvalue weighted by Gasteiger charge is -2.32. The highest BCUT2D eigenvalue weighted by molar-refractivity contribution is 5.33. The second-order valence-corrected chi connectivity index (χ2v) is 5.67. The first kappa shape index (κ1) is 12.9. The van der Waals surface area contributed by atoms with E-state index in [1.807, 2.05) is 6.07 Å². The van der Waals surface area contributed by atoms with Gasteiger partial charge in [-0.2, -0.15) is 0 Å². The van der Waals surface area contributed by atoms with Gasteiger partial charge in [0.25, 0.3) is 0 Å². The average Bonchev–Trinajstić information content (AvgIpc) is 2.80. The normalized spacial score (nSPS) is 27.6. The van der Waals surface area contributed by atoms with E-state index in [4.69, 9.17) is 15.2 Å². The molecule has 19 heavy (non-hydrogen) atoms. The summed E-state index contributed by atoms with van der Waals surface area (Å²) < 4.78 is 11.4. The number of para-hydroxylation sites is 1. The van der Waals surface area contributed by atoms with E-state index in [1.54, 1.807) is 0 Å². The molecular formula is C15H22N2O2. The molecule has 2 heterocycles. The van der Waals surface area contributed by atoms with Crippen molar-refractivity contribution >= 4 is 0 Å². The summed E-state index contributed by atoms with van der Waals surface area (Å²) in [5.74, 6) is 1.02. The Morgan fingerprint density at radius 2 is 2.16 bits per heavy atom. The molecule has 0 aliphatic carbocycles. The van der Waals surface area contributed by atoms with Gasteiger partial charge in [-0.3, -0.25) is 4.90 Å². The first-order chi connectivity index (χ1) is 9.31. The first-order valence-corrected chi connectivity index (χ1v) is 7.02. The summed E-state index contributed by atoms with van der Waals surface area (Å²) in [6.07, 6.45) is 1.07. The Morgan fingerprint density at radius 3 is 2.95 bits per heavy atom. The Labute approximate surface area is 114 Å². The predicted molar refractivity (Wildman–Crippen MR) is 74.1 cm³/mol. The molecule has 0 aromatic heterocycles. The number of fused-ring (bicyclic) bond motifs is 1. The summed E-state index contributed by atoms with van der Waals surface area (Å²) in [6, 6.07) is 8.30. The Hall–Kier alpha value is -1.10. The molecule has 1 atom stereocenters. The maximum atomic E-state index is 5.98. The van der Waals surface area contributed by atoms with Crippen LogP contribution in [0.15, 0.2) is 24.3 Å². The van der Waals surface area contributed by atoms with E-state index in [9.17, 15) is 0 Å². The Balaban J connectivity index is 1.72. The zero-order valence-corrected chi connectivity index (χ0v) is 11.3. The molecule has 1 aromatic carbocycles. The number of hydrogen-bond donors (Lipinski definition) is 1. The quantitative estimate of drug-likeness (QED) is 0.890. The van der Waals surface area contributed by atoms with Gasteiger partial charge >= 0.3 is 0 Å². The molecule has 104 valence electrons. The van der Waals surface area contributed by atoms with E-state index >= 15 is 0 Å². The van der Waals surface area contributed by atoms with Gasteiger partial charge in [0.2, 0.25) is 0 Å². The molecule has 4 nitrogen and oxygen atoms in total. The van der Waals surface area contributed by atoms with Gasteiger partial charge in [-0.15, -0.1) is 0 Å². The lowest BCUT2D eigenvalue weighted by molar-refractivity contribution is 0.107. The van der Waals surface area contributed by atoms with Gasteiger partial charge in [0.1, 0.15) is 12.4 Å². The van der Waals surface area contributed by atoms with Crippen LogP contribution in [0, 0.1) is 5.41 Å². The predicted octanol–water partition coefficient (Wildman–Crippen LogP) is 1.25. The van der Waals surface area contributed by atoms with Crippen molar-refractivity contribution in [3.05, 3.63) is 29.8 Å². The fourth-order valence-corrected chi connectivity index (χ4v) is 2.99. The van der Waals surface area contributed by atoms with E-state index in [-0.39, 0.29) is 5.41 Å². The van der Waals surface area contributed by atoms with Gasteiger partial charge in [0.05, 0.1) is 6.61 Å². The Kier molecular flexibility index (Phi) is 3.73. The summed E-state index contributed by atoms with van der Waals surface area (Å²) in [5.41, 5.74) is 7.39. The van der Waals surface area contributed by atoms with Crippen LogP contribution in [0.2, 0.25) is 0 Å². The van der Waals surface area contributed by atoms with Crippen molar-refractivity contribution in [1.82, 2.24) is 4.90 Å². The first-order valence-electron chi connectivity index (χ1n) is 7.02. The summed E-state index contributed by atoms with van der Waals surface area (Å²) in [5, 5.41) is 0. The Morgan fingerprint density at radius 1 is 1.26 bits per heavy atom. The molecule has 0 spiro atoms. The topological polar surface area (TPSA) is 47.7 Å². The molecule has 4 heteroatoms. The maximum absolute atomic E-state index is 5.98. The lowest BCUT2D eigenvalue weighted by atomic mass is 9.86. The molecule has 0 radical (unpaired) electrons. The number of ether oxygens (including phenoxy) is 2. The fraction of sp³-hybridized carbons (Fsp3) is 0.600. The van der Waals surface area contributed by atoms with Crippen molar-refractivity contribution in [3.63, 3.8) is 0 Å². The van der Waals surface area contributed by atoms with Crippen LogP contribution in [0.3, 0.4) is 0 Å². The zero-order chi connectivity index (χ0) is 13.1. The molecule has 3 rings (SSSR count). The molecule has 2 N–H and O–H groups in total. The molecule has 1 fully saturated rings. The van der Waals surface area contributed by atoms with Crippen LogP contribution in [0.4, 0.5) is 0 Å². The smallest absolute Gasteiger partial charge is 0.123 e. The molecular weight excluding hydrogens is 240 g/mol. The highest BCUT2D eigenvalue weighted by Gasteiger charge is 2.35. The third kappa shape index (κ3) is 2.76. The van der Waals surface area contributed by atoms with Crippen LogP contribution in [0.5, 0.6) is 5.75 Å². The highest BCUT2D eigenvalue weighted by atomic mass is 16.5. The summed E-state index contributed by atoms with van der Waals surface area (Å²) in [4.78, 5) is 2.45. The van der Waals surface area contributed by atoms with Crippen LogP contribution in [0.25, 0.3) is 0 Å². The standard InChI is InChI=1S/C15H22N2O2/c16-10-15(5-7-18-12-15)11-17-6-8-19-14-4-2-1-3-13(14)9-17/h1-4H,5-12,16H2. The van der Waals surface area contributed by atoms with Crippen LogP contribution < -0.4 is 10.5 Å². The SMILES string of the molecule is NCC1(CN2CCOc3ccccc3C2)CCOC1. The molecule has 0 amide bonds. The van der Waals surface area contributed by atoms with Crippen LogP contribution in [0.1, 0.15) is 12.0 Å². The number of rotatable bonds is 3. The van der Waals surface area contributed by atoms with Crippen molar-refractivity contribution < 1.29 is 9.47 Å². The molecule has 1 saturated heterocycles. The van der Waals surface area contributed by atoms with Gasteiger partial charge in [-0.25, -0.2) is 0 Å². The minimum atomic E-state index is 0.138. The van der Waals surface area contributed by atoms with Crippen molar-refractivity contribution in [2.24, 2.45) is 11.1 Å². The third-order valence-electron chi connectivity index (χ3n) is 4.21. The van der Waals surface area contributed by atoms with E-state index in [0.717, 1.165) is 51.6 Å².